The summed E-state index contributed by atoms with van der Waals surface area (Å²) in [5.74, 6) is 1.16. The third-order valence-electron chi connectivity index (χ3n) is 3.40. The molecule has 3 aromatic rings. The number of hydrogen-bond acceptors (Lipinski definition) is 6. The average molecular weight is 459 g/mol. The van der Waals surface area contributed by atoms with Crippen molar-refractivity contribution in [1.29, 1.82) is 0 Å². The number of aromatic nitrogens is 4. The largest absolute Gasteiger partial charge is 0.486 e. The van der Waals surface area contributed by atoms with Gasteiger partial charge in [0.2, 0.25) is 11.1 Å². The Morgan fingerprint density at radius 2 is 2.00 bits per heavy atom. The molecule has 0 saturated carbocycles. The van der Waals surface area contributed by atoms with Gasteiger partial charge in [-0.3, -0.25) is 9.89 Å². The SMILES string of the molecule is CC(Sc1n[nH]c(COc2ccc(Cl)cc2)n1)C(=O)Nc1ncc(Cl)cc1Cl. The van der Waals surface area contributed by atoms with Crippen LogP contribution in [0.15, 0.2) is 41.7 Å². The number of carbonyl (C=O) groups excluding carboxylic acids is 1. The van der Waals surface area contributed by atoms with E-state index in [4.69, 9.17) is 39.5 Å². The van der Waals surface area contributed by atoms with Crippen LogP contribution in [0.25, 0.3) is 0 Å². The third kappa shape index (κ3) is 5.75. The fourth-order valence-corrected chi connectivity index (χ4v) is 3.31. The number of halogens is 3. The second-order valence-corrected chi connectivity index (χ2v) is 8.13. The summed E-state index contributed by atoms with van der Waals surface area (Å²) in [6, 6.07) is 8.50. The number of thioether (sulfide) groups is 1. The summed E-state index contributed by atoms with van der Waals surface area (Å²) in [5.41, 5.74) is 0. The van der Waals surface area contributed by atoms with E-state index in [9.17, 15) is 4.79 Å². The molecular weight excluding hydrogens is 445 g/mol. The zero-order valence-corrected chi connectivity index (χ0v) is 17.5. The van der Waals surface area contributed by atoms with Gasteiger partial charge in [0.05, 0.1) is 15.3 Å². The lowest BCUT2D eigenvalue weighted by molar-refractivity contribution is -0.115. The second-order valence-electron chi connectivity index (χ2n) is 5.54. The highest BCUT2D eigenvalue weighted by Crippen LogP contribution is 2.25. The van der Waals surface area contributed by atoms with Crippen molar-refractivity contribution >= 4 is 58.3 Å². The first-order chi connectivity index (χ1) is 13.4. The number of pyridine rings is 1. The Morgan fingerprint density at radius 3 is 2.71 bits per heavy atom. The van der Waals surface area contributed by atoms with Gasteiger partial charge >= 0.3 is 0 Å². The standard InChI is InChI=1S/C17H14Cl3N5O2S/c1-9(16(26)23-15-13(20)6-11(19)7-21-15)28-17-22-14(24-25-17)8-27-12-4-2-10(18)3-5-12/h2-7,9H,8H2,1H3,(H,21,23,26)(H,22,24,25). The molecule has 0 aliphatic carbocycles. The van der Waals surface area contributed by atoms with Gasteiger partial charge < -0.3 is 10.1 Å². The number of carbonyl (C=O) groups is 1. The van der Waals surface area contributed by atoms with Crippen LogP contribution in [0.3, 0.4) is 0 Å². The van der Waals surface area contributed by atoms with E-state index in [0.717, 1.165) is 0 Å². The van der Waals surface area contributed by atoms with Crippen molar-refractivity contribution in [2.75, 3.05) is 5.32 Å². The number of H-pyrrole nitrogens is 1. The Balaban J connectivity index is 1.53. The summed E-state index contributed by atoms with van der Waals surface area (Å²) < 4.78 is 5.60. The van der Waals surface area contributed by atoms with Gasteiger partial charge in [-0.25, -0.2) is 9.97 Å². The first-order valence-corrected chi connectivity index (χ1v) is 10.0. The van der Waals surface area contributed by atoms with Crippen molar-refractivity contribution in [3.05, 3.63) is 57.4 Å². The zero-order chi connectivity index (χ0) is 20.1. The number of nitrogens with one attached hydrogen (secondary N) is 2. The topological polar surface area (TPSA) is 92.8 Å². The second kappa shape index (κ2) is 9.47. The van der Waals surface area contributed by atoms with E-state index < -0.39 is 5.25 Å². The highest BCUT2D eigenvalue weighted by atomic mass is 35.5. The molecule has 11 heteroatoms. The average Bonchev–Trinajstić information content (AvgIpc) is 3.11. The molecular formula is C17H14Cl3N5O2S. The summed E-state index contributed by atoms with van der Waals surface area (Å²) in [6.45, 7) is 1.93. The molecule has 1 unspecified atom stereocenters. The van der Waals surface area contributed by atoms with Gasteiger partial charge in [0.25, 0.3) is 0 Å². The van der Waals surface area contributed by atoms with Crippen molar-refractivity contribution < 1.29 is 9.53 Å². The molecule has 28 heavy (non-hydrogen) atoms. The minimum absolute atomic E-state index is 0.208. The molecule has 0 spiro atoms. The summed E-state index contributed by atoms with van der Waals surface area (Å²) in [7, 11) is 0. The third-order valence-corrected chi connectivity index (χ3v) is 5.11. The van der Waals surface area contributed by atoms with E-state index in [2.05, 4.69) is 25.5 Å². The van der Waals surface area contributed by atoms with Crippen LogP contribution >= 0.6 is 46.6 Å². The molecule has 0 bridgehead atoms. The summed E-state index contributed by atoms with van der Waals surface area (Å²) in [4.78, 5) is 20.6. The number of rotatable bonds is 7. The van der Waals surface area contributed by atoms with Gasteiger partial charge in [0, 0.05) is 11.2 Å². The van der Waals surface area contributed by atoms with Gasteiger partial charge in [-0.1, -0.05) is 46.6 Å². The molecule has 0 fully saturated rings. The fraction of sp³-hybridized carbons (Fsp3) is 0.176. The first kappa shape index (κ1) is 20.7. The first-order valence-electron chi connectivity index (χ1n) is 7.99. The van der Waals surface area contributed by atoms with Crippen molar-refractivity contribution in [3.63, 3.8) is 0 Å². The minimum Gasteiger partial charge on any atom is -0.486 e. The zero-order valence-electron chi connectivity index (χ0n) is 14.4. The maximum Gasteiger partial charge on any atom is 0.238 e. The Hall–Kier alpha value is -2.00. The molecule has 146 valence electrons. The van der Waals surface area contributed by atoms with Gasteiger partial charge in [0.1, 0.15) is 12.4 Å². The number of ether oxygens (including phenoxy) is 1. The van der Waals surface area contributed by atoms with E-state index in [-0.39, 0.29) is 23.4 Å². The highest BCUT2D eigenvalue weighted by Gasteiger charge is 2.19. The van der Waals surface area contributed by atoms with Crippen LogP contribution in [-0.4, -0.2) is 31.3 Å². The van der Waals surface area contributed by atoms with E-state index >= 15 is 0 Å². The van der Waals surface area contributed by atoms with Crippen LogP contribution in [-0.2, 0) is 11.4 Å². The number of anilines is 1. The Bertz CT molecular complexity index is 968. The van der Waals surface area contributed by atoms with E-state index in [1.165, 1.54) is 24.0 Å². The Labute approximate surface area is 180 Å². The van der Waals surface area contributed by atoms with Crippen LogP contribution in [0.5, 0.6) is 5.75 Å². The molecule has 0 aliphatic rings. The molecule has 3 rings (SSSR count). The minimum atomic E-state index is -0.477. The highest BCUT2D eigenvalue weighted by molar-refractivity contribution is 8.00. The van der Waals surface area contributed by atoms with Crippen LogP contribution in [0.1, 0.15) is 12.7 Å². The van der Waals surface area contributed by atoms with Crippen LogP contribution in [0.4, 0.5) is 5.82 Å². The van der Waals surface area contributed by atoms with Crippen molar-refractivity contribution in [3.8, 4) is 5.75 Å². The quantitative estimate of drug-likeness (QED) is 0.491. The molecule has 2 heterocycles. The monoisotopic (exact) mass is 457 g/mol. The molecule has 1 atom stereocenters. The van der Waals surface area contributed by atoms with Gasteiger partial charge in [-0.05, 0) is 37.3 Å². The predicted molar refractivity (Wildman–Crippen MR) is 110 cm³/mol. The van der Waals surface area contributed by atoms with Crippen molar-refractivity contribution in [2.45, 2.75) is 23.9 Å². The Kier molecular flexibility index (Phi) is 7.01. The lowest BCUT2D eigenvalue weighted by Crippen LogP contribution is -2.23. The van der Waals surface area contributed by atoms with E-state index in [0.29, 0.717) is 26.8 Å². The number of benzene rings is 1. The summed E-state index contributed by atoms with van der Waals surface area (Å²) in [6.07, 6.45) is 1.41. The lowest BCUT2D eigenvalue weighted by Gasteiger charge is -2.10. The molecule has 2 N–H and O–H groups in total. The van der Waals surface area contributed by atoms with Crippen LogP contribution < -0.4 is 10.1 Å². The molecule has 1 amide bonds. The van der Waals surface area contributed by atoms with E-state index in [1.807, 2.05) is 0 Å². The molecule has 0 aliphatic heterocycles. The van der Waals surface area contributed by atoms with Gasteiger partial charge in [-0.15, -0.1) is 5.10 Å². The predicted octanol–water partition coefficient (Wildman–Crippen LogP) is 4.86. The molecule has 0 radical (unpaired) electrons. The van der Waals surface area contributed by atoms with Crippen LogP contribution in [0, 0.1) is 0 Å². The smallest absolute Gasteiger partial charge is 0.238 e. The Morgan fingerprint density at radius 1 is 1.25 bits per heavy atom. The van der Waals surface area contributed by atoms with Crippen molar-refractivity contribution in [2.24, 2.45) is 0 Å². The molecule has 0 saturated heterocycles. The number of nitrogens with zero attached hydrogens (tertiary/aromatic N) is 3. The maximum absolute atomic E-state index is 12.3. The molecule has 2 aromatic heterocycles. The van der Waals surface area contributed by atoms with Crippen LogP contribution in [0.2, 0.25) is 15.1 Å². The fourth-order valence-electron chi connectivity index (χ4n) is 2.01. The summed E-state index contributed by atoms with van der Waals surface area (Å²) in [5, 5.41) is 10.8. The normalized spacial score (nSPS) is 11.9. The number of amides is 1. The van der Waals surface area contributed by atoms with Gasteiger partial charge in [0.15, 0.2) is 11.6 Å². The van der Waals surface area contributed by atoms with Gasteiger partial charge in [-0.2, -0.15) is 0 Å². The van der Waals surface area contributed by atoms with Crippen molar-refractivity contribution in [1.82, 2.24) is 20.2 Å². The van der Waals surface area contributed by atoms with E-state index in [1.54, 1.807) is 31.2 Å². The summed E-state index contributed by atoms with van der Waals surface area (Å²) >= 11 is 18.8. The molecule has 1 aromatic carbocycles. The lowest BCUT2D eigenvalue weighted by atomic mass is 10.3. The number of aromatic amines is 1. The number of hydrogen-bond donors (Lipinski definition) is 2. The molecule has 7 nitrogen and oxygen atoms in total. The maximum atomic E-state index is 12.3.